The third-order valence-corrected chi connectivity index (χ3v) is 3.04. The molecule has 1 aromatic carbocycles. The Balaban J connectivity index is 2.41. The summed E-state index contributed by atoms with van der Waals surface area (Å²) < 4.78 is 13.4. The first-order valence-electron chi connectivity index (χ1n) is 4.85. The van der Waals surface area contributed by atoms with Gasteiger partial charge in [-0.15, -0.1) is 0 Å². The molecular weight excluding hydrogens is 217 g/mol. The number of hydrogen-bond acceptors (Lipinski definition) is 1. The number of benzene rings is 1. The molecule has 2 rings (SSSR count). The SMILES string of the molecule is Cc1c(F)cc(N2CCCC2=O)cc1Cl. The molecule has 1 fully saturated rings. The second-order valence-corrected chi connectivity index (χ2v) is 4.09. The zero-order chi connectivity index (χ0) is 11.0. The summed E-state index contributed by atoms with van der Waals surface area (Å²) in [4.78, 5) is 13.0. The van der Waals surface area contributed by atoms with Crippen LogP contribution < -0.4 is 4.90 Å². The highest BCUT2D eigenvalue weighted by atomic mass is 35.5. The molecule has 0 radical (unpaired) electrons. The lowest BCUT2D eigenvalue weighted by molar-refractivity contribution is -0.117. The van der Waals surface area contributed by atoms with Gasteiger partial charge >= 0.3 is 0 Å². The van der Waals surface area contributed by atoms with Gasteiger partial charge in [0.05, 0.1) is 0 Å². The maximum absolute atomic E-state index is 13.4. The van der Waals surface area contributed by atoms with Gasteiger partial charge in [0.1, 0.15) is 5.82 Å². The van der Waals surface area contributed by atoms with Gasteiger partial charge in [-0.25, -0.2) is 4.39 Å². The molecule has 1 amide bonds. The van der Waals surface area contributed by atoms with Crippen LogP contribution in [0, 0.1) is 12.7 Å². The van der Waals surface area contributed by atoms with Gasteiger partial charge in [-0.3, -0.25) is 4.79 Å². The van der Waals surface area contributed by atoms with Crippen molar-refractivity contribution in [1.29, 1.82) is 0 Å². The lowest BCUT2D eigenvalue weighted by Gasteiger charge is -2.16. The minimum Gasteiger partial charge on any atom is -0.312 e. The highest BCUT2D eigenvalue weighted by Crippen LogP contribution is 2.28. The van der Waals surface area contributed by atoms with E-state index in [2.05, 4.69) is 0 Å². The highest BCUT2D eigenvalue weighted by molar-refractivity contribution is 6.31. The summed E-state index contributed by atoms with van der Waals surface area (Å²) in [5.41, 5.74) is 0.984. The third-order valence-electron chi connectivity index (χ3n) is 2.65. The van der Waals surface area contributed by atoms with Crippen LogP contribution in [0.1, 0.15) is 18.4 Å². The van der Waals surface area contributed by atoms with Gasteiger partial charge in [0.25, 0.3) is 0 Å². The minimum absolute atomic E-state index is 0.0364. The average Bonchev–Trinajstić information content (AvgIpc) is 2.60. The molecule has 1 aliphatic rings. The molecule has 0 N–H and O–H groups in total. The smallest absolute Gasteiger partial charge is 0.227 e. The van der Waals surface area contributed by atoms with Crippen LogP contribution in [0.3, 0.4) is 0 Å². The molecular formula is C11H11ClFNO. The van der Waals surface area contributed by atoms with Gasteiger partial charge in [-0.2, -0.15) is 0 Å². The van der Waals surface area contributed by atoms with Crippen molar-refractivity contribution >= 4 is 23.2 Å². The summed E-state index contributed by atoms with van der Waals surface area (Å²) in [5, 5.41) is 0.365. The quantitative estimate of drug-likeness (QED) is 0.723. The Hall–Kier alpha value is -1.09. The third kappa shape index (κ3) is 1.84. The molecule has 4 heteroatoms. The van der Waals surface area contributed by atoms with Crippen molar-refractivity contribution < 1.29 is 9.18 Å². The fraction of sp³-hybridized carbons (Fsp3) is 0.364. The Bertz CT molecular complexity index is 396. The summed E-state index contributed by atoms with van der Waals surface area (Å²) in [6.07, 6.45) is 1.36. The molecule has 0 aromatic heterocycles. The molecule has 0 spiro atoms. The number of hydrogen-bond donors (Lipinski definition) is 0. The van der Waals surface area contributed by atoms with Crippen LogP contribution in [0.5, 0.6) is 0 Å². The van der Waals surface area contributed by atoms with Crippen molar-refractivity contribution in [2.75, 3.05) is 11.4 Å². The zero-order valence-corrected chi connectivity index (χ0v) is 9.14. The Morgan fingerprint density at radius 2 is 2.20 bits per heavy atom. The summed E-state index contributed by atoms with van der Waals surface area (Å²) in [5.74, 6) is -0.327. The van der Waals surface area contributed by atoms with Gasteiger partial charge in [0.2, 0.25) is 5.91 Å². The molecule has 15 heavy (non-hydrogen) atoms. The highest BCUT2D eigenvalue weighted by Gasteiger charge is 2.22. The number of anilines is 1. The summed E-state index contributed by atoms with van der Waals surface area (Å²) in [7, 11) is 0. The first kappa shape index (κ1) is 10.4. The molecule has 0 unspecified atom stereocenters. The van der Waals surface area contributed by atoms with Crippen LogP contribution in [0.25, 0.3) is 0 Å². The first-order valence-corrected chi connectivity index (χ1v) is 5.23. The molecule has 0 atom stereocenters. The van der Waals surface area contributed by atoms with E-state index in [4.69, 9.17) is 11.6 Å². The number of nitrogens with zero attached hydrogens (tertiary/aromatic N) is 1. The lowest BCUT2D eigenvalue weighted by atomic mass is 10.2. The number of halogens is 2. The Kier molecular flexibility index (Phi) is 2.65. The van der Waals surface area contributed by atoms with E-state index in [0.29, 0.717) is 29.2 Å². The van der Waals surface area contributed by atoms with Crippen LogP contribution in [0.2, 0.25) is 5.02 Å². The molecule has 80 valence electrons. The van der Waals surface area contributed by atoms with Crippen LogP contribution in [-0.2, 0) is 4.79 Å². The summed E-state index contributed by atoms with van der Waals surface area (Å²) >= 11 is 5.87. The fourth-order valence-electron chi connectivity index (χ4n) is 1.71. The van der Waals surface area contributed by atoms with E-state index in [1.54, 1.807) is 17.9 Å². The molecule has 1 aromatic rings. The average molecular weight is 228 g/mol. The Morgan fingerprint density at radius 3 is 2.73 bits per heavy atom. The topological polar surface area (TPSA) is 20.3 Å². The van der Waals surface area contributed by atoms with Crippen molar-refractivity contribution in [3.63, 3.8) is 0 Å². The van der Waals surface area contributed by atoms with Gasteiger partial charge in [0, 0.05) is 29.2 Å². The number of carbonyl (C=O) groups excluding carboxylic acids is 1. The molecule has 0 bridgehead atoms. The maximum atomic E-state index is 13.4. The fourth-order valence-corrected chi connectivity index (χ4v) is 1.91. The number of rotatable bonds is 1. The van der Waals surface area contributed by atoms with Crippen LogP contribution in [-0.4, -0.2) is 12.5 Å². The van der Waals surface area contributed by atoms with Crippen molar-refractivity contribution in [3.05, 3.63) is 28.5 Å². The van der Waals surface area contributed by atoms with Gasteiger partial charge in [-0.05, 0) is 25.5 Å². The van der Waals surface area contributed by atoms with Crippen molar-refractivity contribution in [3.8, 4) is 0 Å². The first-order chi connectivity index (χ1) is 7.09. The normalized spacial score (nSPS) is 16.2. The lowest BCUT2D eigenvalue weighted by Crippen LogP contribution is -2.23. The second-order valence-electron chi connectivity index (χ2n) is 3.68. The van der Waals surface area contributed by atoms with E-state index in [9.17, 15) is 9.18 Å². The van der Waals surface area contributed by atoms with Crippen molar-refractivity contribution in [2.45, 2.75) is 19.8 Å². The predicted octanol–water partition coefficient (Wildman–Crippen LogP) is 2.91. The van der Waals surface area contributed by atoms with E-state index in [-0.39, 0.29) is 11.7 Å². The van der Waals surface area contributed by atoms with Crippen LogP contribution in [0.15, 0.2) is 12.1 Å². The Morgan fingerprint density at radius 1 is 1.47 bits per heavy atom. The summed E-state index contributed by atoms with van der Waals surface area (Å²) in [6, 6.07) is 3.01. The van der Waals surface area contributed by atoms with Crippen LogP contribution in [0.4, 0.5) is 10.1 Å². The predicted molar refractivity (Wildman–Crippen MR) is 57.7 cm³/mol. The monoisotopic (exact) mass is 227 g/mol. The molecule has 0 aliphatic carbocycles. The molecule has 0 saturated carbocycles. The standard InChI is InChI=1S/C11H11ClFNO/c1-7-9(12)5-8(6-10(7)13)14-4-2-3-11(14)15/h5-6H,2-4H2,1H3. The van der Waals surface area contributed by atoms with Crippen molar-refractivity contribution in [2.24, 2.45) is 0 Å². The number of carbonyl (C=O) groups is 1. The van der Waals surface area contributed by atoms with E-state index < -0.39 is 0 Å². The van der Waals surface area contributed by atoms with Crippen molar-refractivity contribution in [1.82, 2.24) is 0 Å². The van der Waals surface area contributed by atoms with Gasteiger partial charge in [0.15, 0.2) is 0 Å². The summed E-state index contributed by atoms with van der Waals surface area (Å²) in [6.45, 7) is 2.27. The molecule has 1 aliphatic heterocycles. The Labute approximate surface area is 92.6 Å². The zero-order valence-electron chi connectivity index (χ0n) is 8.39. The van der Waals surface area contributed by atoms with E-state index >= 15 is 0 Å². The number of amides is 1. The van der Waals surface area contributed by atoms with Gasteiger partial charge < -0.3 is 4.90 Å². The maximum Gasteiger partial charge on any atom is 0.227 e. The largest absolute Gasteiger partial charge is 0.312 e. The second kappa shape index (κ2) is 3.81. The molecule has 1 saturated heterocycles. The van der Waals surface area contributed by atoms with E-state index in [1.807, 2.05) is 0 Å². The minimum atomic E-state index is -0.364. The molecule has 1 heterocycles. The van der Waals surface area contributed by atoms with Crippen LogP contribution >= 0.6 is 11.6 Å². The van der Waals surface area contributed by atoms with E-state index in [0.717, 1.165) is 6.42 Å². The van der Waals surface area contributed by atoms with E-state index in [1.165, 1.54) is 6.07 Å². The van der Waals surface area contributed by atoms with Gasteiger partial charge in [-0.1, -0.05) is 11.6 Å². The molecule has 2 nitrogen and oxygen atoms in total.